The Bertz CT molecular complexity index is 468. The maximum absolute atomic E-state index is 13.8. The Kier molecular flexibility index (Phi) is 3.03. The Balaban J connectivity index is 2.41. The minimum absolute atomic E-state index is 0.274. The molecule has 1 unspecified atom stereocenters. The minimum Gasteiger partial charge on any atom is -0.472 e. The molecule has 0 fully saturated rings. The third-order valence-electron chi connectivity index (χ3n) is 2.51. The minimum atomic E-state index is -0.389. The monoisotopic (exact) mass is 220 g/mol. The first kappa shape index (κ1) is 10.9. The molecule has 0 radical (unpaired) electrons. The molecule has 1 heterocycles. The molecule has 2 aromatic rings. The van der Waals surface area contributed by atoms with Gasteiger partial charge < -0.3 is 4.42 Å². The third kappa shape index (κ3) is 1.98. The molecule has 0 spiro atoms. The number of nitrogens with one attached hydrogen (secondary N) is 1. The summed E-state index contributed by atoms with van der Waals surface area (Å²) in [5, 5.41) is 0. The number of benzene rings is 1. The van der Waals surface area contributed by atoms with Gasteiger partial charge in [0.2, 0.25) is 0 Å². The van der Waals surface area contributed by atoms with Gasteiger partial charge in [-0.2, -0.15) is 0 Å². The molecule has 3 nitrogen and oxygen atoms in total. The van der Waals surface area contributed by atoms with Gasteiger partial charge >= 0.3 is 0 Å². The van der Waals surface area contributed by atoms with Crippen molar-refractivity contribution < 1.29 is 8.81 Å². The normalized spacial score (nSPS) is 12.7. The second-order valence-corrected chi connectivity index (χ2v) is 3.68. The van der Waals surface area contributed by atoms with Crippen LogP contribution >= 0.6 is 0 Å². The Labute approximate surface area is 93.0 Å². The average Bonchev–Trinajstić information content (AvgIpc) is 2.75. The first-order valence-electron chi connectivity index (χ1n) is 4.96. The van der Waals surface area contributed by atoms with Gasteiger partial charge in [-0.1, -0.05) is 12.1 Å². The van der Waals surface area contributed by atoms with Crippen LogP contribution in [0.5, 0.6) is 0 Å². The quantitative estimate of drug-likeness (QED) is 0.616. The summed E-state index contributed by atoms with van der Waals surface area (Å²) in [5.41, 5.74) is 4.77. The number of halogens is 1. The topological polar surface area (TPSA) is 51.2 Å². The van der Waals surface area contributed by atoms with E-state index < -0.39 is 0 Å². The van der Waals surface area contributed by atoms with Crippen LogP contribution in [0.1, 0.15) is 22.7 Å². The molecule has 0 bridgehead atoms. The Hall–Kier alpha value is -1.65. The Morgan fingerprint density at radius 3 is 2.75 bits per heavy atom. The molecule has 1 aromatic carbocycles. The lowest BCUT2D eigenvalue weighted by Gasteiger charge is -2.15. The number of aryl methyl sites for hydroxylation is 1. The van der Waals surface area contributed by atoms with Crippen LogP contribution < -0.4 is 11.3 Å². The van der Waals surface area contributed by atoms with Crippen LogP contribution in [0.15, 0.2) is 41.2 Å². The fourth-order valence-corrected chi connectivity index (χ4v) is 1.67. The summed E-state index contributed by atoms with van der Waals surface area (Å²) >= 11 is 0. The molecule has 4 heteroatoms. The van der Waals surface area contributed by atoms with E-state index in [9.17, 15) is 4.39 Å². The molecule has 0 aliphatic heterocycles. The van der Waals surface area contributed by atoms with E-state index in [0.29, 0.717) is 5.56 Å². The number of rotatable bonds is 3. The number of hydrogen-bond donors (Lipinski definition) is 2. The molecule has 0 amide bonds. The third-order valence-corrected chi connectivity index (χ3v) is 2.51. The van der Waals surface area contributed by atoms with Crippen molar-refractivity contribution in [1.29, 1.82) is 0 Å². The van der Waals surface area contributed by atoms with Crippen LogP contribution in [0.4, 0.5) is 4.39 Å². The fourth-order valence-electron chi connectivity index (χ4n) is 1.67. The molecule has 0 saturated carbocycles. The molecule has 0 aliphatic carbocycles. The van der Waals surface area contributed by atoms with Gasteiger partial charge in [-0.25, -0.2) is 9.82 Å². The summed E-state index contributed by atoms with van der Waals surface area (Å²) in [5.74, 6) is 5.17. The van der Waals surface area contributed by atoms with E-state index in [1.54, 1.807) is 18.4 Å². The number of hydrazine groups is 1. The van der Waals surface area contributed by atoms with E-state index in [-0.39, 0.29) is 11.9 Å². The molecule has 0 aliphatic rings. The average molecular weight is 220 g/mol. The van der Waals surface area contributed by atoms with Crippen LogP contribution in [0.3, 0.4) is 0 Å². The van der Waals surface area contributed by atoms with Crippen LogP contribution in [0, 0.1) is 12.7 Å². The highest BCUT2D eigenvalue weighted by Crippen LogP contribution is 2.24. The molecule has 1 aromatic heterocycles. The summed E-state index contributed by atoms with van der Waals surface area (Å²) in [6, 6.07) is 6.42. The van der Waals surface area contributed by atoms with Crippen LogP contribution in [0.25, 0.3) is 0 Å². The van der Waals surface area contributed by atoms with Gasteiger partial charge in [-0.15, -0.1) is 0 Å². The predicted molar refractivity (Wildman–Crippen MR) is 59.0 cm³/mol. The SMILES string of the molecule is Cc1ccc(C(NN)c2ccoc2)c(F)c1. The second kappa shape index (κ2) is 4.47. The smallest absolute Gasteiger partial charge is 0.128 e. The molecule has 16 heavy (non-hydrogen) atoms. The molecule has 2 rings (SSSR count). The van der Waals surface area contributed by atoms with Crippen LogP contribution in [-0.2, 0) is 0 Å². The maximum Gasteiger partial charge on any atom is 0.128 e. The van der Waals surface area contributed by atoms with Crippen molar-refractivity contribution in [2.75, 3.05) is 0 Å². The standard InChI is InChI=1S/C12H13FN2O/c1-8-2-3-10(11(13)6-8)12(15-14)9-4-5-16-7-9/h2-7,12,15H,14H2,1H3. The zero-order valence-electron chi connectivity index (χ0n) is 8.91. The summed E-state index contributed by atoms with van der Waals surface area (Å²) in [7, 11) is 0. The van der Waals surface area contributed by atoms with Crippen molar-refractivity contribution in [2.45, 2.75) is 13.0 Å². The van der Waals surface area contributed by atoms with Gasteiger partial charge in [-0.05, 0) is 24.6 Å². The highest BCUT2D eigenvalue weighted by atomic mass is 19.1. The van der Waals surface area contributed by atoms with Gasteiger partial charge in [0.25, 0.3) is 0 Å². The summed E-state index contributed by atoms with van der Waals surface area (Å²) < 4.78 is 18.7. The number of hydrogen-bond acceptors (Lipinski definition) is 3. The number of nitrogens with two attached hydrogens (primary N) is 1. The molecular formula is C12H13FN2O. The lowest BCUT2D eigenvalue weighted by Crippen LogP contribution is -2.29. The summed E-state index contributed by atoms with van der Waals surface area (Å²) in [6.07, 6.45) is 3.08. The van der Waals surface area contributed by atoms with Gasteiger partial charge in [-0.3, -0.25) is 5.84 Å². The van der Waals surface area contributed by atoms with Crippen molar-refractivity contribution in [3.63, 3.8) is 0 Å². The Morgan fingerprint density at radius 2 is 2.19 bits per heavy atom. The van der Waals surface area contributed by atoms with Crippen molar-refractivity contribution in [3.05, 3.63) is 59.3 Å². The lowest BCUT2D eigenvalue weighted by molar-refractivity contribution is 0.538. The van der Waals surface area contributed by atoms with E-state index in [4.69, 9.17) is 10.3 Å². The zero-order chi connectivity index (χ0) is 11.5. The highest BCUT2D eigenvalue weighted by Gasteiger charge is 2.17. The van der Waals surface area contributed by atoms with E-state index in [1.165, 1.54) is 12.3 Å². The molecule has 3 N–H and O–H groups in total. The summed E-state index contributed by atoms with van der Waals surface area (Å²) in [6.45, 7) is 1.84. The van der Waals surface area contributed by atoms with Crippen molar-refractivity contribution in [1.82, 2.24) is 5.43 Å². The lowest BCUT2D eigenvalue weighted by atomic mass is 10.00. The Morgan fingerprint density at radius 1 is 1.38 bits per heavy atom. The largest absolute Gasteiger partial charge is 0.472 e. The fraction of sp³-hybridized carbons (Fsp3) is 0.167. The van der Waals surface area contributed by atoms with E-state index in [0.717, 1.165) is 11.1 Å². The second-order valence-electron chi connectivity index (χ2n) is 3.68. The van der Waals surface area contributed by atoms with E-state index >= 15 is 0 Å². The van der Waals surface area contributed by atoms with Crippen molar-refractivity contribution >= 4 is 0 Å². The molecule has 84 valence electrons. The van der Waals surface area contributed by atoms with Crippen molar-refractivity contribution in [3.8, 4) is 0 Å². The first-order chi connectivity index (χ1) is 7.72. The predicted octanol–water partition coefficient (Wildman–Crippen LogP) is 2.28. The van der Waals surface area contributed by atoms with E-state index in [1.807, 2.05) is 13.0 Å². The van der Waals surface area contributed by atoms with Gasteiger partial charge in [0.1, 0.15) is 5.82 Å². The van der Waals surface area contributed by atoms with E-state index in [2.05, 4.69) is 5.43 Å². The van der Waals surface area contributed by atoms with Gasteiger partial charge in [0.05, 0.1) is 18.6 Å². The molecule has 1 atom stereocenters. The number of furan rings is 1. The van der Waals surface area contributed by atoms with Crippen LogP contribution in [0.2, 0.25) is 0 Å². The van der Waals surface area contributed by atoms with Gasteiger partial charge in [0, 0.05) is 11.1 Å². The van der Waals surface area contributed by atoms with Gasteiger partial charge in [0.15, 0.2) is 0 Å². The summed E-state index contributed by atoms with van der Waals surface area (Å²) in [4.78, 5) is 0. The first-order valence-corrected chi connectivity index (χ1v) is 4.96. The van der Waals surface area contributed by atoms with Crippen molar-refractivity contribution in [2.24, 2.45) is 5.84 Å². The molecule has 0 saturated heterocycles. The molecular weight excluding hydrogens is 207 g/mol. The van der Waals surface area contributed by atoms with Crippen LogP contribution in [-0.4, -0.2) is 0 Å². The highest BCUT2D eigenvalue weighted by molar-refractivity contribution is 5.32. The maximum atomic E-state index is 13.8. The zero-order valence-corrected chi connectivity index (χ0v) is 8.91.